The van der Waals surface area contributed by atoms with Crippen LogP contribution in [0.1, 0.15) is 34.8 Å². The van der Waals surface area contributed by atoms with Gasteiger partial charge >= 0.3 is 5.97 Å². The summed E-state index contributed by atoms with van der Waals surface area (Å²) in [6, 6.07) is 1.60. The van der Waals surface area contributed by atoms with Crippen LogP contribution in [0.5, 0.6) is 0 Å². The van der Waals surface area contributed by atoms with Crippen molar-refractivity contribution in [2.75, 3.05) is 6.54 Å². The van der Waals surface area contributed by atoms with Gasteiger partial charge < -0.3 is 10.4 Å². The molecule has 0 fully saturated rings. The molecule has 17 heavy (non-hydrogen) atoms. The summed E-state index contributed by atoms with van der Waals surface area (Å²) in [5, 5.41) is 11.1. The monoisotopic (exact) mass is 237 g/mol. The number of rotatable bonds is 5. The number of carbonyl (C=O) groups is 2. The maximum Gasteiger partial charge on any atom is 0.303 e. The maximum absolute atomic E-state index is 11.6. The van der Waals surface area contributed by atoms with Crippen LogP contribution in [-0.4, -0.2) is 33.5 Å². The molecular weight excluding hydrogens is 222 g/mol. The van der Waals surface area contributed by atoms with E-state index in [2.05, 4.69) is 15.3 Å². The van der Waals surface area contributed by atoms with E-state index >= 15 is 0 Å². The molecule has 1 rings (SSSR count). The van der Waals surface area contributed by atoms with Crippen molar-refractivity contribution in [2.24, 2.45) is 0 Å². The van der Waals surface area contributed by atoms with Crippen LogP contribution < -0.4 is 5.32 Å². The minimum Gasteiger partial charge on any atom is -0.481 e. The van der Waals surface area contributed by atoms with Crippen LogP contribution in [-0.2, 0) is 4.79 Å². The number of hydrogen-bond donors (Lipinski definition) is 2. The van der Waals surface area contributed by atoms with Crippen molar-refractivity contribution in [3.05, 3.63) is 23.3 Å². The lowest BCUT2D eigenvalue weighted by atomic mass is 10.3. The highest BCUT2D eigenvalue weighted by Gasteiger charge is 2.08. The van der Waals surface area contributed by atoms with Crippen molar-refractivity contribution in [1.29, 1.82) is 0 Å². The number of carboxylic acid groups (broad SMARTS) is 1. The Kier molecular flexibility index (Phi) is 4.56. The summed E-state index contributed by atoms with van der Waals surface area (Å²) in [6.45, 7) is 3.83. The lowest BCUT2D eigenvalue weighted by molar-refractivity contribution is -0.137. The van der Waals surface area contributed by atoms with Gasteiger partial charge in [0.05, 0.1) is 0 Å². The van der Waals surface area contributed by atoms with Crippen molar-refractivity contribution in [1.82, 2.24) is 15.3 Å². The number of nitrogens with zero attached hydrogens (tertiary/aromatic N) is 2. The highest BCUT2D eigenvalue weighted by atomic mass is 16.4. The Hall–Kier alpha value is -1.98. The van der Waals surface area contributed by atoms with E-state index in [4.69, 9.17) is 5.11 Å². The zero-order valence-corrected chi connectivity index (χ0v) is 9.86. The lowest BCUT2D eigenvalue weighted by Gasteiger charge is -2.04. The van der Waals surface area contributed by atoms with E-state index in [1.54, 1.807) is 19.9 Å². The first-order valence-corrected chi connectivity index (χ1v) is 5.31. The smallest absolute Gasteiger partial charge is 0.303 e. The number of amides is 1. The van der Waals surface area contributed by atoms with Gasteiger partial charge in [0, 0.05) is 18.7 Å². The molecule has 0 aromatic carbocycles. The van der Waals surface area contributed by atoms with E-state index < -0.39 is 5.97 Å². The molecule has 92 valence electrons. The quantitative estimate of drug-likeness (QED) is 0.735. The molecule has 0 atom stereocenters. The Morgan fingerprint density at radius 1 is 1.35 bits per heavy atom. The molecule has 0 unspecified atom stereocenters. The number of carbonyl (C=O) groups excluding carboxylic acids is 1. The summed E-state index contributed by atoms with van der Waals surface area (Å²) in [4.78, 5) is 30.0. The van der Waals surface area contributed by atoms with Crippen LogP contribution >= 0.6 is 0 Å². The summed E-state index contributed by atoms with van der Waals surface area (Å²) < 4.78 is 0. The number of aliphatic carboxylic acids is 1. The molecule has 1 heterocycles. The number of carboxylic acids is 1. The van der Waals surface area contributed by atoms with E-state index in [1.165, 1.54) is 0 Å². The highest BCUT2D eigenvalue weighted by molar-refractivity contribution is 5.92. The number of hydrogen-bond acceptors (Lipinski definition) is 4. The van der Waals surface area contributed by atoms with Crippen LogP contribution in [0.15, 0.2) is 6.07 Å². The Bertz CT molecular complexity index is 412. The molecule has 6 nitrogen and oxygen atoms in total. The molecule has 0 aliphatic carbocycles. The molecule has 0 aliphatic heterocycles. The van der Waals surface area contributed by atoms with Crippen molar-refractivity contribution >= 4 is 11.9 Å². The molecule has 1 aromatic rings. The van der Waals surface area contributed by atoms with Crippen molar-refractivity contribution < 1.29 is 14.7 Å². The maximum atomic E-state index is 11.6. The summed E-state index contributed by atoms with van der Waals surface area (Å²) >= 11 is 0. The standard InChI is InChI=1S/C11H15N3O3/c1-7-6-9(14-8(2)13-7)11(17)12-5-3-4-10(15)16/h6H,3-5H2,1-2H3,(H,12,17)(H,15,16). The third kappa shape index (κ3) is 4.58. The Morgan fingerprint density at radius 3 is 2.65 bits per heavy atom. The summed E-state index contributed by atoms with van der Waals surface area (Å²) in [6.07, 6.45) is 0.451. The van der Waals surface area contributed by atoms with Gasteiger partial charge in [0.1, 0.15) is 11.5 Å². The zero-order chi connectivity index (χ0) is 12.8. The second-order valence-corrected chi connectivity index (χ2v) is 3.69. The van der Waals surface area contributed by atoms with Crippen LogP contribution in [0.25, 0.3) is 0 Å². The minimum atomic E-state index is -0.868. The largest absolute Gasteiger partial charge is 0.481 e. The molecule has 0 radical (unpaired) electrons. The van der Waals surface area contributed by atoms with Gasteiger partial charge in [-0.15, -0.1) is 0 Å². The second-order valence-electron chi connectivity index (χ2n) is 3.69. The van der Waals surface area contributed by atoms with E-state index in [0.717, 1.165) is 5.69 Å². The Labute approximate surface area is 99.1 Å². The Morgan fingerprint density at radius 2 is 2.06 bits per heavy atom. The van der Waals surface area contributed by atoms with Crippen LogP contribution in [0, 0.1) is 13.8 Å². The van der Waals surface area contributed by atoms with Gasteiger partial charge in [0.25, 0.3) is 5.91 Å². The fourth-order valence-electron chi connectivity index (χ4n) is 1.37. The van der Waals surface area contributed by atoms with Gasteiger partial charge in [-0.2, -0.15) is 0 Å². The predicted molar refractivity (Wildman–Crippen MR) is 60.7 cm³/mol. The first kappa shape index (κ1) is 13.1. The predicted octanol–water partition coefficient (Wildman–Crippen LogP) is 0.688. The molecule has 0 spiro atoms. The molecule has 0 aliphatic rings. The summed E-state index contributed by atoms with van der Waals surface area (Å²) in [7, 11) is 0. The van der Waals surface area contributed by atoms with Gasteiger partial charge in [-0.1, -0.05) is 0 Å². The van der Waals surface area contributed by atoms with Crippen molar-refractivity contribution in [3.8, 4) is 0 Å². The van der Waals surface area contributed by atoms with E-state index in [-0.39, 0.29) is 12.3 Å². The van der Waals surface area contributed by atoms with Gasteiger partial charge in [0.2, 0.25) is 0 Å². The van der Waals surface area contributed by atoms with Gasteiger partial charge in [0.15, 0.2) is 0 Å². The topological polar surface area (TPSA) is 92.2 Å². The summed E-state index contributed by atoms with van der Waals surface area (Å²) in [5.74, 6) is -0.627. The third-order valence-corrected chi connectivity index (χ3v) is 2.05. The molecule has 1 amide bonds. The highest BCUT2D eigenvalue weighted by Crippen LogP contribution is 2.00. The minimum absolute atomic E-state index is 0.0438. The van der Waals surface area contributed by atoms with Crippen molar-refractivity contribution in [3.63, 3.8) is 0 Å². The van der Waals surface area contributed by atoms with E-state index in [9.17, 15) is 9.59 Å². The first-order valence-electron chi connectivity index (χ1n) is 5.31. The van der Waals surface area contributed by atoms with Crippen LogP contribution in [0.4, 0.5) is 0 Å². The molecule has 2 N–H and O–H groups in total. The van der Waals surface area contributed by atoms with Crippen LogP contribution in [0.2, 0.25) is 0 Å². The molecule has 0 saturated heterocycles. The number of aryl methyl sites for hydroxylation is 2. The van der Waals surface area contributed by atoms with Crippen LogP contribution in [0.3, 0.4) is 0 Å². The van der Waals surface area contributed by atoms with E-state index in [0.29, 0.717) is 24.5 Å². The molecule has 0 bridgehead atoms. The summed E-state index contributed by atoms with van der Waals surface area (Å²) in [5.41, 5.74) is 1.04. The van der Waals surface area contributed by atoms with Crippen molar-refractivity contribution in [2.45, 2.75) is 26.7 Å². The molecule has 1 aromatic heterocycles. The molecular formula is C11H15N3O3. The lowest BCUT2D eigenvalue weighted by Crippen LogP contribution is -2.26. The van der Waals surface area contributed by atoms with Gasteiger partial charge in [-0.25, -0.2) is 9.97 Å². The number of nitrogens with one attached hydrogen (secondary N) is 1. The fourth-order valence-corrected chi connectivity index (χ4v) is 1.37. The van der Waals surface area contributed by atoms with Gasteiger partial charge in [-0.05, 0) is 26.3 Å². The average Bonchev–Trinajstić information content (AvgIpc) is 2.22. The van der Waals surface area contributed by atoms with E-state index in [1.807, 2.05) is 0 Å². The number of aromatic nitrogens is 2. The zero-order valence-electron chi connectivity index (χ0n) is 9.86. The van der Waals surface area contributed by atoms with Gasteiger partial charge in [-0.3, -0.25) is 9.59 Å². The Balaban J connectivity index is 2.49. The third-order valence-electron chi connectivity index (χ3n) is 2.05. The average molecular weight is 237 g/mol. The second kappa shape index (κ2) is 5.93. The molecule has 6 heteroatoms. The molecule has 0 saturated carbocycles. The normalized spacial score (nSPS) is 10.0. The SMILES string of the molecule is Cc1cc(C(=O)NCCCC(=O)O)nc(C)n1. The first-order chi connectivity index (χ1) is 7.99. The fraction of sp³-hybridized carbons (Fsp3) is 0.455.